The van der Waals surface area contributed by atoms with E-state index in [1.807, 2.05) is 0 Å². The van der Waals surface area contributed by atoms with E-state index in [-0.39, 0.29) is 11.8 Å². The monoisotopic (exact) mass is 376 g/mol. The molecular formula is C25H32N2O. The van der Waals surface area contributed by atoms with Gasteiger partial charge in [0.05, 0.1) is 0 Å². The Hall–Kier alpha value is -2.55. The molecule has 0 aliphatic heterocycles. The van der Waals surface area contributed by atoms with E-state index in [0.717, 1.165) is 19.4 Å². The second kappa shape index (κ2) is 9.09. The molecule has 0 bridgehead atoms. The molecule has 3 nitrogen and oxygen atoms in total. The standard InChI is InChI=1S/C25H32N2O/c1-5-19-7-6-8-21-23(16-27-25(19)21)22(20-11-9-18(4)10-12-20)15-24(28)26-14-13-17(2)3/h6-12,16-17,22,27H,5,13-15H2,1-4H3,(H,26,28)/t22-/m0/s1. The number of hydrogen-bond donors (Lipinski definition) is 2. The Bertz CT molecular complexity index is 921. The molecule has 2 N–H and O–H groups in total. The Morgan fingerprint density at radius 1 is 1.11 bits per heavy atom. The number of aryl methyl sites for hydroxylation is 2. The number of fused-ring (bicyclic) bond motifs is 1. The van der Waals surface area contributed by atoms with Crippen LogP contribution < -0.4 is 5.32 Å². The van der Waals surface area contributed by atoms with E-state index >= 15 is 0 Å². The molecule has 3 aromatic rings. The van der Waals surface area contributed by atoms with Gasteiger partial charge in [0.1, 0.15) is 0 Å². The molecule has 3 heteroatoms. The zero-order valence-corrected chi connectivity index (χ0v) is 17.5. The molecule has 0 saturated heterocycles. The highest BCUT2D eigenvalue weighted by Gasteiger charge is 2.22. The Morgan fingerprint density at radius 3 is 2.54 bits per heavy atom. The van der Waals surface area contributed by atoms with Crippen LogP contribution in [0.4, 0.5) is 0 Å². The van der Waals surface area contributed by atoms with Gasteiger partial charge in [0.2, 0.25) is 5.91 Å². The number of rotatable bonds is 8. The fourth-order valence-electron chi connectivity index (χ4n) is 3.79. The number of aromatic amines is 1. The predicted octanol–water partition coefficient (Wildman–Crippen LogP) is 5.72. The van der Waals surface area contributed by atoms with E-state index in [9.17, 15) is 4.79 Å². The summed E-state index contributed by atoms with van der Waals surface area (Å²) in [5, 5.41) is 4.33. The summed E-state index contributed by atoms with van der Waals surface area (Å²) in [6, 6.07) is 15.0. The van der Waals surface area contributed by atoms with Crippen molar-refractivity contribution in [3.63, 3.8) is 0 Å². The molecule has 1 amide bonds. The van der Waals surface area contributed by atoms with Crippen LogP contribution in [0.25, 0.3) is 10.9 Å². The smallest absolute Gasteiger partial charge is 0.220 e. The first-order valence-corrected chi connectivity index (χ1v) is 10.4. The fraction of sp³-hybridized carbons (Fsp3) is 0.400. The maximum absolute atomic E-state index is 12.7. The van der Waals surface area contributed by atoms with Crippen molar-refractivity contribution in [1.29, 1.82) is 0 Å². The molecule has 148 valence electrons. The van der Waals surface area contributed by atoms with Crippen LogP contribution in [0.3, 0.4) is 0 Å². The molecule has 1 heterocycles. The number of aromatic nitrogens is 1. The molecule has 0 radical (unpaired) electrons. The average molecular weight is 377 g/mol. The number of amides is 1. The van der Waals surface area contributed by atoms with Crippen LogP contribution in [-0.2, 0) is 11.2 Å². The normalized spacial score (nSPS) is 12.5. The summed E-state index contributed by atoms with van der Waals surface area (Å²) in [6.45, 7) is 9.37. The second-order valence-electron chi connectivity index (χ2n) is 8.14. The van der Waals surface area contributed by atoms with Gasteiger partial charge in [-0.25, -0.2) is 0 Å². The molecule has 0 fully saturated rings. The first kappa shape index (κ1) is 20.2. The maximum atomic E-state index is 12.7. The summed E-state index contributed by atoms with van der Waals surface area (Å²) in [7, 11) is 0. The lowest BCUT2D eigenvalue weighted by Gasteiger charge is -2.18. The van der Waals surface area contributed by atoms with E-state index in [1.54, 1.807) is 0 Å². The van der Waals surface area contributed by atoms with Crippen LogP contribution in [-0.4, -0.2) is 17.4 Å². The lowest BCUT2D eigenvalue weighted by atomic mass is 9.87. The molecule has 0 aliphatic carbocycles. The molecule has 1 atom stereocenters. The van der Waals surface area contributed by atoms with Crippen molar-refractivity contribution in [3.8, 4) is 0 Å². The van der Waals surface area contributed by atoms with Crippen molar-refractivity contribution >= 4 is 16.8 Å². The van der Waals surface area contributed by atoms with E-state index in [1.165, 1.54) is 33.2 Å². The van der Waals surface area contributed by atoms with Crippen LogP contribution in [0.15, 0.2) is 48.7 Å². The number of carbonyl (C=O) groups excluding carboxylic acids is 1. The second-order valence-corrected chi connectivity index (χ2v) is 8.14. The Morgan fingerprint density at radius 2 is 1.86 bits per heavy atom. The summed E-state index contributed by atoms with van der Waals surface area (Å²) in [5.41, 5.74) is 6.13. The zero-order valence-electron chi connectivity index (χ0n) is 17.5. The number of nitrogens with one attached hydrogen (secondary N) is 2. The largest absolute Gasteiger partial charge is 0.361 e. The van der Waals surface area contributed by atoms with Crippen LogP contribution >= 0.6 is 0 Å². The fourth-order valence-corrected chi connectivity index (χ4v) is 3.79. The van der Waals surface area contributed by atoms with Crippen LogP contribution in [0.5, 0.6) is 0 Å². The van der Waals surface area contributed by atoms with Gasteiger partial charge >= 0.3 is 0 Å². The summed E-state index contributed by atoms with van der Waals surface area (Å²) < 4.78 is 0. The van der Waals surface area contributed by atoms with Gasteiger partial charge in [0.25, 0.3) is 0 Å². The van der Waals surface area contributed by atoms with Gasteiger partial charge in [-0.15, -0.1) is 0 Å². The van der Waals surface area contributed by atoms with Gasteiger partial charge in [-0.05, 0) is 42.4 Å². The number of para-hydroxylation sites is 1. The van der Waals surface area contributed by atoms with Gasteiger partial charge in [0, 0.05) is 36.0 Å². The third kappa shape index (κ3) is 4.64. The van der Waals surface area contributed by atoms with Crippen molar-refractivity contribution < 1.29 is 4.79 Å². The minimum absolute atomic E-state index is 0.0421. The Kier molecular flexibility index (Phi) is 6.56. The number of hydrogen-bond acceptors (Lipinski definition) is 1. The van der Waals surface area contributed by atoms with Crippen LogP contribution in [0, 0.1) is 12.8 Å². The molecule has 0 unspecified atom stereocenters. The number of benzene rings is 2. The lowest BCUT2D eigenvalue weighted by Crippen LogP contribution is -2.27. The first-order valence-electron chi connectivity index (χ1n) is 10.4. The van der Waals surface area contributed by atoms with E-state index in [2.05, 4.69) is 86.7 Å². The third-order valence-corrected chi connectivity index (χ3v) is 5.50. The topological polar surface area (TPSA) is 44.9 Å². The average Bonchev–Trinajstić information content (AvgIpc) is 3.10. The molecule has 2 aromatic carbocycles. The van der Waals surface area contributed by atoms with Crippen LogP contribution in [0.2, 0.25) is 0 Å². The minimum atomic E-state index is 0.0421. The highest BCUT2D eigenvalue weighted by molar-refractivity contribution is 5.88. The van der Waals surface area contributed by atoms with E-state index < -0.39 is 0 Å². The van der Waals surface area contributed by atoms with Crippen molar-refractivity contribution in [2.45, 2.75) is 52.9 Å². The van der Waals surface area contributed by atoms with Gasteiger partial charge in [-0.3, -0.25) is 4.79 Å². The van der Waals surface area contributed by atoms with Crippen LogP contribution in [0.1, 0.15) is 61.8 Å². The van der Waals surface area contributed by atoms with Crippen molar-refractivity contribution in [3.05, 3.63) is 70.9 Å². The third-order valence-electron chi connectivity index (χ3n) is 5.50. The van der Waals surface area contributed by atoms with E-state index in [0.29, 0.717) is 12.3 Å². The van der Waals surface area contributed by atoms with Crippen molar-refractivity contribution in [1.82, 2.24) is 10.3 Å². The summed E-state index contributed by atoms with van der Waals surface area (Å²) in [4.78, 5) is 16.2. The Balaban J connectivity index is 1.93. The van der Waals surface area contributed by atoms with Gasteiger partial charge in [-0.1, -0.05) is 68.8 Å². The molecule has 3 rings (SSSR count). The highest BCUT2D eigenvalue weighted by atomic mass is 16.1. The number of H-pyrrole nitrogens is 1. The SMILES string of the molecule is CCc1cccc2c([C@@H](CC(=O)NCCC(C)C)c3ccc(C)cc3)c[nH]c12. The molecule has 1 aromatic heterocycles. The summed E-state index contributed by atoms with van der Waals surface area (Å²) in [6.07, 6.45) is 4.55. The lowest BCUT2D eigenvalue weighted by molar-refractivity contribution is -0.121. The number of carbonyl (C=O) groups is 1. The quantitative estimate of drug-likeness (QED) is 0.518. The molecule has 28 heavy (non-hydrogen) atoms. The van der Waals surface area contributed by atoms with Crippen molar-refractivity contribution in [2.24, 2.45) is 5.92 Å². The zero-order chi connectivity index (χ0) is 20.1. The predicted molar refractivity (Wildman–Crippen MR) is 118 cm³/mol. The Labute approximate surface area is 168 Å². The summed E-state index contributed by atoms with van der Waals surface area (Å²) >= 11 is 0. The molecule has 0 saturated carbocycles. The van der Waals surface area contributed by atoms with Gasteiger partial charge in [-0.2, -0.15) is 0 Å². The highest BCUT2D eigenvalue weighted by Crippen LogP contribution is 2.34. The van der Waals surface area contributed by atoms with E-state index in [4.69, 9.17) is 0 Å². The molecule has 0 spiro atoms. The molecule has 0 aliphatic rings. The van der Waals surface area contributed by atoms with Gasteiger partial charge < -0.3 is 10.3 Å². The summed E-state index contributed by atoms with van der Waals surface area (Å²) in [5.74, 6) is 0.752. The minimum Gasteiger partial charge on any atom is -0.361 e. The maximum Gasteiger partial charge on any atom is 0.220 e. The first-order chi connectivity index (χ1) is 13.5. The van der Waals surface area contributed by atoms with Gasteiger partial charge in [0.15, 0.2) is 0 Å². The molecular weight excluding hydrogens is 344 g/mol. The van der Waals surface area contributed by atoms with Crippen molar-refractivity contribution in [2.75, 3.05) is 6.54 Å².